The van der Waals surface area contributed by atoms with E-state index in [0.717, 1.165) is 17.7 Å². The Kier molecular flexibility index (Phi) is 4.44. The van der Waals surface area contributed by atoms with Crippen LogP contribution in [-0.4, -0.2) is 29.8 Å². The number of likely N-dealkylation sites (tertiary alicyclic amines) is 1. The third-order valence-corrected chi connectivity index (χ3v) is 3.54. The van der Waals surface area contributed by atoms with Crippen molar-refractivity contribution < 1.29 is 0 Å². The molecular formula is C10H21NS. The molecule has 2 unspecified atom stereocenters. The summed E-state index contributed by atoms with van der Waals surface area (Å²) in [4.78, 5) is 2.62. The van der Waals surface area contributed by atoms with Crippen molar-refractivity contribution in [3.8, 4) is 0 Å². The summed E-state index contributed by atoms with van der Waals surface area (Å²) >= 11 is 4.37. The molecule has 72 valence electrons. The molecule has 12 heavy (non-hydrogen) atoms. The summed E-state index contributed by atoms with van der Waals surface area (Å²) in [6, 6.07) is 0.818. The number of thiol groups is 1. The van der Waals surface area contributed by atoms with Gasteiger partial charge in [-0.3, -0.25) is 0 Å². The van der Waals surface area contributed by atoms with Crippen molar-refractivity contribution in [1.82, 2.24) is 4.90 Å². The van der Waals surface area contributed by atoms with E-state index in [1.165, 1.54) is 32.4 Å². The molecule has 2 atom stereocenters. The van der Waals surface area contributed by atoms with Gasteiger partial charge in [0.2, 0.25) is 0 Å². The van der Waals surface area contributed by atoms with E-state index in [2.05, 4.69) is 31.4 Å². The summed E-state index contributed by atoms with van der Waals surface area (Å²) < 4.78 is 0. The minimum Gasteiger partial charge on any atom is -0.300 e. The summed E-state index contributed by atoms with van der Waals surface area (Å²) in [5.74, 6) is 1.84. The molecule has 0 aromatic heterocycles. The van der Waals surface area contributed by atoms with Crippen molar-refractivity contribution in [3.63, 3.8) is 0 Å². The molecule has 0 aromatic carbocycles. The Morgan fingerprint density at radius 1 is 1.58 bits per heavy atom. The Bertz CT molecular complexity index is 123. The first-order chi connectivity index (χ1) is 5.77. The number of nitrogens with zero attached hydrogens (tertiary/aromatic N) is 1. The van der Waals surface area contributed by atoms with Gasteiger partial charge in [0.15, 0.2) is 0 Å². The van der Waals surface area contributed by atoms with E-state index in [-0.39, 0.29) is 0 Å². The topological polar surface area (TPSA) is 3.24 Å². The molecule has 0 amide bonds. The van der Waals surface area contributed by atoms with Crippen LogP contribution < -0.4 is 0 Å². The molecule has 1 fully saturated rings. The Balaban J connectivity index is 2.28. The van der Waals surface area contributed by atoms with Crippen molar-refractivity contribution in [3.05, 3.63) is 0 Å². The van der Waals surface area contributed by atoms with Crippen LogP contribution in [0.4, 0.5) is 0 Å². The molecule has 1 heterocycles. The van der Waals surface area contributed by atoms with Crippen molar-refractivity contribution in [1.29, 1.82) is 0 Å². The van der Waals surface area contributed by atoms with E-state index < -0.39 is 0 Å². The van der Waals surface area contributed by atoms with Crippen LogP contribution in [0.3, 0.4) is 0 Å². The lowest BCUT2D eigenvalue weighted by Gasteiger charge is -2.25. The molecule has 1 aliphatic heterocycles. The maximum absolute atomic E-state index is 4.37. The smallest absolute Gasteiger partial charge is 0.00675 e. The van der Waals surface area contributed by atoms with Gasteiger partial charge < -0.3 is 4.90 Å². The fourth-order valence-corrected chi connectivity index (χ4v) is 2.29. The van der Waals surface area contributed by atoms with E-state index in [1.54, 1.807) is 0 Å². The van der Waals surface area contributed by atoms with E-state index in [9.17, 15) is 0 Å². The quantitative estimate of drug-likeness (QED) is 0.662. The fourth-order valence-electron chi connectivity index (χ4n) is 1.91. The standard InChI is InChI=1S/C10H21NS/c1-3-10(8-12)7-11-6-4-5-9(11)2/h9-10,12H,3-8H2,1-2H3. The average Bonchev–Trinajstić information content (AvgIpc) is 2.47. The number of rotatable bonds is 4. The highest BCUT2D eigenvalue weighted by atomic mass is 32.1. The predicted molar refractivity (Wildman–Crippen MR) is 57.9 cm³/mol. The molecule has 0 bridgehead atoms. The second-order valence-electron chi connectivity index (χ2n) is 3.94. The minimum absolute atomic E-state index is 0.800. The van der Waals surface area contributed by atoms with Crippen LogP contribution in [-0.2, 0) is 0 Å². The first-order valence-electron chi connectivity index (χ1n) is 5.12. The molecule has 0 saturated carbocycles. The van der Waals surface area contributed by atoms with Gasteiger partial charge in [0.25, 0.3) is 0 Å². The molecule has 1 aliphatic rings. The lowest BCUT2D eigenvalue weighted by atomic mass is 10.1. The van der Waals surface area contributed by atoms with Crippen LogP contribution in [0, 0.1) is 5.92 Å². The molecule has 0 radical (unpaired) electrons. The van der Waals surface area contributed by atoms with Crippen molar-refractivity contribution in [2.24, 2.45) is 5.92 Å². The zero-order chi connectivity index (χ0) is 8.97. The van der Waals surface area contributed by atoms with Gasteiger partial charge in [-0.15, -0.1) is 0 Å². The van der Waals surface area contributed by atoms with E-state index in [1.807, 2.05) is 0 Å². The van der Waals surface area contributed by atoms with Gasteiger partial charge in [-0.2, -0.15) is 12.6 Å². The highest BCUT2D eigenvalue weighted by Gasteiger charge is 2.21. The molecule has 0 spiro atoms. The highest BCUT2D eigenvalue weighted by Crippen LogP contribution is 2.19. The zero-order valence-electron chi connectivity index (χ0n) is 8.29. The largest absolute Gasteiger partial charge is 0.300 e. The molecule has 1 rings (SSSR count). The predicted octanol–water partition coefficient (Wildman–Crippen LogP) is 2.43. The maximum Gasteiger partial charge on any atom is 0.00675 e. The Hall–Kier alpha value is 0.310. The Morgan fingerprint density at radius 2 is 2.33 bits per heavy atom. The first kappa shape index (κ1) is 10.4. The fraction of sp³-hybridized carbons (Fsp3) is 1.00. The lowest BCUT2D eigenvalue weighted by molar-refractivity contribution is 0.232. The first-order valence-corrected chi connectivity index (χ1v) is 5.76. The summed E-state index contributed by atoms with van der Waals surface area (Å²) in [5.41, 5.74) is 0. The van der Waals surface area contributed by atoms with Crippen LogP contribution in [0.5, 0.6) is 0 Å². The molecular weight excluding hydrogens is 166 g/mol. The third kappa shape index (κ3) is 2.67. The van der Waals surface area contributed by atoms with Gasteiger partial charge in [-0.05, 0) is 38.0 Å². The zero-order valence-corrected chi connectivity index (χ0v) is 9.19. The molecule has 2 heteroatoms. The minimum atomic E-state index is 0.800. The van der Waals surface area contributed by atoms with Gasteiger partial charge in [0, 0.05) is 12.6 Å². The van der Waals surface area contributed by atoms with Crippen molar-refractivity contribution >= 4 is 12.6 Å². The van der Waals surface area contributed by atoms with Crippen LogP contribution in [0.2, 0.25) is 0 Å². The van der Waals surface area contributed by atoms with Gasteiger partial charge in [-0.25, -0.2) is 0 Å². The Labute approximate surface area is 81.9 Å². The van der Waals surface area contributed by atoms with E-state index in [4.69, 9.17) is 0 Å². The summed E-state index contributed by atoms with van der Waals surface area (Å²) in [6.45, 7) is 7.19. The normalized spacial score (nSPS) is 27.8. The molecule has 0 aromatic rings. The maximum atomic E-state index is 4.37. The summed E-state index contributed by atoms with van der Waals surface area (Å²) in [7, 11) is 0. The monoisotopic (exact) mass is 187 g/mol. The van der Waals surface area contributed by atoms with E-state index in [0.29, 0.717) is 0 Å². The lowest BCUT2D eigenvalue weighted by Crippen LogP contribution is -2.32. The van der Waals surface area contributed by atoms with Crippen LogP contribution in [0.25, 0.3) is 0 Å². The average molecular weight is 187 g/mol. The highest BCUT2D eigenvalue weighted by molar-refractivity contribution is 7.80. The molecule has 1 nitrogen and oxygen atoms in total. The van der Waals surface area contributed by atoms with Gasteiger partial charge >= 0.3 is 0 Å². The van der Waals surface area contributed by atoms with E-state index >= 15 is 0 Å². The summed E-state index contributed by atoms with van der Waals surface area (Å²) in [6.07, 6.45) is 4.06. The van der Waals surface area contributed by atoms with Gasteiger partial charge in [0.05, 0.1) is 0 Å². The number of hydrogen-bond donors (Lipinski definition) is 1. The van der Waals surface area contributed by atoms with Crippen LogP contribution >= 0.6 is 12.6 Å². The van der Waals surface area contributed by atoms with Crippen molar-refractivity contribution in [2.45, 2.75) is 39.2 Å². The van der Waals surface area contributed by atoms with Crippen molar-refractivity contribution in [2.75, 3.05) is 18.8 Å². The van der Waals surface area contributed by atoms with Crippen LogP contribution in [0.15, 0.2) is 0 Å². The SMILES string of the molecule is CCC(CS)CN1CCCC1C. The second kappa shape index (κ2) is 5.13. The Morgan fingerprint density at radius 3 is 2.75 bits per heavy atom. The molecule has 0 aliphatic carbocycles. The molecule has 0 N–H and O–H groups in total. The third-order valence-electron chi connectivity index (χ3n) is 3.02. The number of hydrogen-bond acceptors (Lipinski definition) is 2. The molecule has 1 saturated heterocycles. The van der Waals surface area contributed by atoms with Crippen LogP contribution in [0.1, 0.15) is 33.1 Å². The summed E-state index contributed by atoms with van der Waals surface area (Å²) in [5, 5.41) is 0. The van der Waals surface area contributed by atoms with Gasteiger partial charge in [0.1, 0.15) is 0 Å². The van der Waals surface area contributed by atoms with Gasteiger partial charge in [-0.1, -0.05) is 13.3 Å². The second-order valence-corrected chi connectivity index (χ2v) is 4.31.